The fourth-order valence-corrected chi connectivity index (χ4v) is 2.59. The van der Waals surface area contributed by atoms with Gasteiger partial charge in [-0.1, -0.05) is 66.9 Å². The smallest absolute Gasteiger partial charge is 0.338 e. The van der Waals surface area contributed by atoms with Gasteiger partial charge in [0.2, 0.25) is 0 Å². The number of esters is 1. The third kappa shape index (κ3) is 12.0. The summed E-state index contributed by atoms with van der Waals surface area (Å²) in [7, 11) is 0. The third-order valence-corrected chi connectivity index (χ3v) is 4.23. The number of benzene rings is 2. The molecule has 0 aliphatic carbocycles. The zero-order valence-electron chi connectivity index (χ0n) is 19.1. The predicted molar refractivity (Wildman–Crippen MR) is 121 cm³/mol. The van der Waals surface area contributed by atoms with Crippen molar-refractivity contribution in [3.05, 3.63) is 70.8 Å². The Labute approximate surface area is 181 Å². The van der Waals surface area contributed by atoms with E-state index in [1.54, 1.807) is 12.1 Å². The summed E-state index contributed by atoms with van der Waals surface area (Å²) in [5, 5.41) is 6.89. The Morgan fingerprint density at radius 1 is 0.967 bits per heavy atom. The van der Waals surface area contributed by atoms with Gasteiger partial charge in [0.05, 0.1) is 17.8 Å². The minimum atomic E-state index is -0.270. The molecule has 0 spiro atoms. The fourth-order valence-electron chi connectivity index (χ4n) is 2.59. The molecule has 30 heavy (non-hydrogen) atoms. The summed E-state index contributed by atoms with van der Waals surface area (Å²) in [4.78, 5) is 20.1. The van der Waals surface area contributed by atoms with Gasteiger partial charge in [-0.25, -0.2) is 4.79 Å². The number of carbonyl (C=O) groups is 2. The van der Waals surface area contributed by atoms with Gasteiger partial charge in [0.15, 0.2) is 0 Å². The molecule has 1 fully saturated rings. The highest BCUT2D eigenvalue weighted by molar-refractivity contribution is 5.89. The molecule has 1 N–H and O–H groups in total. The van der Waals surface area contributed by atoms with Crippen LogP contribution in [0.1, 0.15) is 60.7 Å². The molecule has 1 heterocycles. The van der Waals surface area contributed by atoms with Crippen LogP contribution in [0.4, 0.5) is 0 Å². The summed E-state index contributed by atoms with van der Waals surface area (Å²) in [5.41, 5.74) is 4.39. The van der Waals surface area contributed by atoms with E-state index in [-0.39, 0.29) is 24.6 Å². The van der Waals surface area contributed by atoms with Crippen molar-refractivity contribution in [1.82, 2.24) is 0 Å². The summed E-state index contributed by atoms with van der Waals surface area (Å²) in [6.45, 7) is 12.3. The lowest BCUT2D eigenvalue weighted by atomic mass is 10.1. The maximum atomic E-state index is 11.7. The van der Waals surface area contributed by atoms with Gasteiger partial charge < -0.3 is 14.6 Å². The summed E-state index contributed by atoms with van der Waals surface area (Å²) in [5.74, 6) is -0.270. The van der Waals surface area contributed by atoms with Crippen LogP contribution in [-0.2, 0) is 14.3 Å². The van der Waals surface area contributed by atoms with Crippen molar-refractivity contribution < 1.29 is 24.2 Å². The number of ether oxygens (including phenoxy) is 2. The first-order valence-corrected chi connectivity index (χ1v) is 10.4. The fraction of sp³-hybridized carbons (Fsp3) is 0.440. The van der Waals surface area contributed by atoms with Gasteiger partial charge in [0.25, 0.3) is 6.47 Å². The second-order valence-electron chi connectivity index (χ2n) is 6.87. The Bertz CT molecular complexity index is 686. The van der Waals surface area contributed by atoms with Gasteiger partial charge in [-0.15, -0.1) is 0 Å². The van der Waals surface area contributed by atoms with Crippen LogP contribution in [0.5, 0.6) is 0 Å². The van der Waals surface area contributed by atoms with Gasteiger partial charge in [0, 0.05) is 0 Å². The van der Waals surface area contributed by atoms with Crippen molar-refractivity contribution in [2.75, 3.05) is 6.61 Å². The van der Waals surface area contributed by atoms with Gasteiger partial charge in [-0.2, -0.15) is 0 Å². The maximum Gasteiger partial charge on any atom is 0.338 e. The molecule has 0 bridgehead atoms. The molecule has 166 valence electrons. The Morgan fingerprint density at radius 2 is 1.37 bits per heavy atom. The van der Waals surface area contributed by atoms with Crippen LogP contribution >= 0.6 is 0 Å². The lowest BCUT2D eigenvalue weighted by Gasteiger charge is -2.11. The molecule has 2 unspecified atom stereocenters. The Kier molecular flexibility index (Phi) is 14.7. The summed E-state index contributed by atoms with van der Waals surface area (Å²) >= 11 is 0. The minimum Gasteiger partial charge on any atom is -0.483 e. The first-order valence-electron chi connectivity index (χ1n) is 10.4. The van der Waals surface area contributed by atoms with Crippen LogP contribution in [-0.4, -0.2) is 36.4 Å². The highest BCUT2D eigenvalue weighted by atomic mass is 16.6. The standard InChI is InChI=1S/C14H18O3.C8H10.C2H6.CH2O2/c1-10-3-6-12(7-4-10)14(15)16-9-13-8-5-11(2)17-13;1-7-3-5-8(2)6-4-7;1-2;2-1-3/h3-4,6-7,11,13H,5,8-9H2,1-2H3;3-6H,1-2H3;1-2H3;1H,(H,2,3). The van der Waals surface area contributed by atoms with Crippen LogP contribution in [0.15, 0.2) is 48.5 Å². The van der Waals surface area contributed by atoms with Gasteiger partial charge in [-0.3, -0.25) is 4.79 Å². The normalized spacial score (nSPS) is 16.5. The molecule has 5 heteroatoms. The zero-order chi connectivity index (χ0) is 22.9. The van der Waals surface area contributed by atoms with Crippen molar-refractivity contribution in [1.29, 1.82) is 0 Å². The number of carboxylic acid groups (broad SMARTS) is 1. The number of hydrogen-bond acceptors (Lipinski definition) is 4. The number of hydrogen-bond donors (Lipinski definition) is 1. The van der Waals surface area contributed by atoms with Crippen LogP contribution in [0.2, 0.25) is 0 Å². The average Bonchev–Trinajstić information content (AvgIpc) is 3.17. The second-order valence-corrected chi connectivity index (χ2v) is 6.87. The van der Waals surface area contributed by atoms with E-state index in [1.807, 2.05) is 39.8 Å². The van der Waals surface area contributed by atoms with E-state index >= 15 is 0 Å². The maximum absolute atomic E-state index is 11.7. The molecule has 5 nitrogen and oxygen atoms in total. The van der Waals surface area contributed by atoms with Crippen molar-refractivity contribution >= 4 is 12.4 Å². The predicted octanol–water partition coefficient (Wildman–Crippen LogP) is 5.75. The SMILES string of the molecule is CC.Cc1ccc(C(=O)OCC2CCC(C)O2)cc1.Cc1ccc(C)cc1.O=CO. The molecular weight excluding hydrogens is 380 g/mol. The Morgan fingerprint density at radius 3 is 1.73 bits per heavy atom. The molecule has 2 aromatic carbocycles. The Balaban J connectivity index is 0.000000539. The summed E-state index contributed by atoms with van der Waals surface area (Å²) in [6.07, 6.45) is 2.38. The molecule has 0 saturated carbocycles. The second kappa shape index (κ2) is 16.2. The number of aryl methyl sites for hydroxylation is 3. The molecule has 0 radical (unpaired) electrons. The highest BCUT2D eigenvalue weighted by Crippen LogP contribution is 2.19. The van der Waals surface area contributed by atoms with Crippen molar-refractivity contribution in [3.63, 3.8) is 0 Å². The summed E-state index contributed by atoms with van der Waals surface area (Å²) < 4.78 is 10.8. The lowest BCUT2D eigenvalue weighted by molar-refractivity contribution is -0.122. The molecule has 0 aromatic heterocycles. The van der Waals surface area contributed by atoms with E-state index in [2.05, 4.69) is 38.1 Å². The van der Waals surface area contributed by atoms with E-state index in [1.165, 1.54) is 11.1 Å². The average molecular weight is 417 g/mol. The molecule has 1 aliphatic rings. The van der Waals surface area contributed by atoms with Crippen molar-refractivity contribution in [2.45, 2.75) is 66.6 Å². The van der Waals surface area contributed by atoms with E-state index in [4.69, 9.17) is 19.4 Å². The molecular formula is C25H36O5. The molecule has 2 atom stereocenters. The van der Waals surface area contributed by atoms with Crippen molar-refractivity contribution in [2.24, 2.45) is 0 Å². The van der Waals surface area contributed by atoms with Crippen molar-refractivity contribution in [3.8, 4) is 0 Å². The molecule has 1 aliphatic heterocycles. The van der Waals surface area contributed by atoms with Gasteiger partial charge in [0.1, 0.15) is 6.61 Å². The zero-order valence-corrected chi connectivity index (χ0v) is 19.1. The molecule has 2 aromatic rings. The molecule has 0 amide bonds. The van der Waals surface area contributed by atoms with Crippen LogP contribution in [0, 0.1) is 20.8 Å². The minimum absolute atomic E-state index is 0.0689. The largest absolute Gasteiger partial charge is 0.483 e. The lowest BCUT2D eigenvalue weighted by Crippen LogP contribution is -2.19. The highest BCUT2D eigenvalue weighted by Gasteiger charge is 2.23. The van der Waals surface area contributed by atoms with E-state index in [0.29, 0.717) is 12.2 Å². The summed E-state index contributed by atoms with van der Waals surface area (Å²) in [6, 6.07) is 15.9. The van der Waals surface area contributed by atoms with Crippen LogP contribution in [0.25, 0.3) is 0 Å². The van der Waals surface area contributed by atoms with Gasteiger partial charge >= 0.3 is 5.97 Å². The van der Waals surface area contributed by atoms with Crippen LogP contribution in [0.3, 0.4) is 0 Å². The van der Waals surface area contributed by atoms with E-state index in [9.17, 15) is 4.79 Å². The first-order chi connectivity index (χ1) is 14.3. The third-order valence-electron chi connectivity index (χ3n) is 4.23. The Hall–Kier alpha value is -2.66. The molecule has 3 rings (SSSR count). The van der Waals surface area contributed by atoms with E-state index < -0.39 is 0 Å². The van der Waals surface area contributed by atoms with Crippen LogP contribution < -0.4 is 0 Å². The molecule has 1 saturated heterocycles. The quantitative estimate of drug-likeness (QED) is 0.509. The van der Waals surface area contributed by atoms with E-state index in [0.717, 1.165) is 18.4 Å². The van der Waals surface area contributed by atoms with Gasteiger partial charge in [-0.05, 0) is 52.7 Å². The number of carbonyl (C=O) groups excluding carboxylic acids is 1. The first kappa shape index (κ1) is 27.3. The topological polar surface area (TPSA) is 72.8 Å². The number of rotatable bonds is 3. The monoisotopic (exact) mass is 416 g/mol.